The van der Waals surface area contributed by atoms with E-state index in [1.54, 1.807) is 14.2 Å². The molecule has 1 saturated heterocycles. The van der Waals surface area contributed by atoms with E-state index in [9.17, 15) is 4.79 Å². The molecule has 0 N–H and O–H groups in total. The zero-order chi connectivity index (χ0) is 20.7. The molecule has 1 amide bonds. The molecule has 0 bridgehead atoms. The lowest BCUT2D eigenvalue weighted by Crippen LogP contribution is -2.32. The van der Waals surface area contributed by atoms with Crippen molar-refractivity contribution in [3.8, 4) is 11.5 Å². The lowest BCUT2D eigenvalue weighted by molar-refractivity contribution is -0.129. The van der Waals surface area contributed by atoms with Crippen LogP contribution in [0.25, 0.3) is 0 Å². The predicted octanol–water partition coefficient (Wildman–Crippen LogP) is 3.96. The normalized spacial score (nSPS) is 21.1. The van der Waals surface area contributed by atoms with Crippen molar-refractivity contribution in [1.29, 1.82) is 0 Å². The van der Waals surface area contributed by atoms with Gasteiger partial charge in [-0.3, -0.25) is 4.79 Å². The molecule has 2 saturated carbocycles. The van der Waals surface area contributed by atoms with Gasteiger partial charge in [0, 0.05) is 24.1 Å². The minimum Gasteiger partial charge on any atom is -0.497 e. The fourth-order valence-electron chi connectivity index (χ4n) is 4.38. The topological polar surface area (TPSA) is 69.5 Å². The van der Waals surface area contributed by atoms with Crippen LogP contribution in [-0.2, 0) is 4.79 Å². The van der Waals surface area contributed by atoms with Crippen molar-refractivity contribution in [3.63, 3.8) is 0 Å². The summed E-state index contributed by atoms with van der Waals surface area (Å²) in [6, 6.07) is 6.36. The second-order valence-corrected chi connectivity index (χ2v) is 9.30. The molecule has 0 spiro atoms. The summed E-state index contributed by atoms with van der Waals surface area (Å²) in [4.78, 5) is 15.2. The molecule has 2 aromatic rings. The van der Waals surface area contributed by atoms with Gasteiger partial charge in [0.2, 0.25) is 5.91 Å². The van der Waals surface area contributed by atoms with Gasteiger partial charge in [0.15, 0.2) is 5.16 Å². The highest BCUT2D eigenvalue weighted by atomic mass is 32.2. The molecule has 2 heterocycles. The summed E-state index contributed by atoms with van der Waals surface area (Å²) in [6.07, 6.45) is 6.75. The first-order chi connectivity index (χ1) is 14.7. The molecule has 0 radical (unpaired) electrons. The molecule has 3 fully saturated rings. The Morgan fingerprint density at radius 3 is 2.67 bits per heavy atom. The Balaban J connectivity index is 1.31. The minimum atomic E-state index is 0.0199. The van der Waals surface area contributed by atoms with Crippen molar-refractivity contribution < 1.29 is 14.3 Å². The van der Waals surface area contributed by atoms with Crippen LogP contribution in [0.4, 0.5) is 0 Å². The standard InChI is InChI=1S/C22H28N4O3S/c1-28-16-9-10-19(29-2)17(12-16)18-4-3-11-25(18)20(27)13-30-22-24-23-21(14-5-6-14)26(22)15-7-8-15/h9-10,12,14-15,18H,3-8,11,13H2,1-2H3. The van der Waals surface area contributed by atoms with Gasteiger partial charge >= 0.3 is 0 Å². The van der Waals surface area contributed by atoms with E-state index in [0.29, 0.717) is 17.7 Å². The third kappa shape index (κ3) is 3.77. The number of nitrogens with zero attached hydrogens (tertiary/aromatic N) is 4. The maximum atomic E-state index is 13.2. The van der Waals surface area contributed by atoms with Crippen molar-refractivity contribution in [2.45, 2.75) is 61.7 Å². The molecule has 8 heteroatoms. The van der Waals surface area contributed by atoms with Crippen LogP contribution < -0.4 is 9.47 Å². The van der Waals surface area contributed by atoms with Gasteiger partial charge < -0.3 is 18.9 Å². The fraction of sp³-hybridized carbons (Fsp3) is 0.591. The van der Waals surface area contributed by atoms with Gasteiger partial charge in [0.1, 0.15) is 17.3 Å². The van der Waals surface area contributed by atoms with Crippen molar-refractivity contribution in [3.05, 3.63) is 29.6 Å². The van der Waals surface area contributed by atoms with E-state index in [2.05, 4.69) is 14.8 Å². The van der Waals surface area contributed by atoms with Gasteiger partial charge in [-0.1, -0.05) is 11.8 Å². The maximum absolute atomic E-state index is 13.2. The number of rotatable bonds is 8. The Morgan fingerprint density at radius 1 is 1.13 bits per heavy atom. The highest BCUT2D eigenvalue weighted by molar-refractivity contribution is 7.99. The summed E-state index contributed by atoms with van der Waals surface area (Å²) in [7, 11) is 3.33. The number of hydrogen-bond acceptors (Lipinski definition) is 6. The molecule has 30 heavy (non-hydrogen) atoms. The number of likely N-dealkylation sites (tertiary alicyclic amines) is 1. The number of carbonyl (C=O) groups excluding carboxylic acids is 1. The molecule has 7 nitrogen and oxygen atoms in total. The highest BCUT2D eigenvalue weighted by Crippen LogP contribution is 2.46. The summed E-state index contributed by atoms with van der Waals surface area (Å²) in [6.45, 7) is 0.771. The predicted molar refractivity (Wildman–Crippen MR) is 114 cm³/mol. The van der Waals surface area contributed by atoms with Crippen molar-refractivity contribution in [2.75, 3.05) is 26.5 Å². The molecule has 1 aromatic heterocycles. The second-order valence-electron chi connectivity index (χ2n) is 8.36. The molecular weight excluding hydrogens is 400 g/mol. The van der Waals surface area contributed by atoms with E-state index >= 15 is 0 Å². The summed E-state index contributed by atoms with van der Waals surface area (Å²) in [5, 5.41) is 9.79. The van der Waals surface area contributed by atoms with Crippen LogP contribution >= 0.6 is 11.8 Å². The number of thioether (sulfide) groups is 1. The molecule has 1 aromatic carbocycles. The van der Waals surface area contributed by atoms with E-state index in [1.807, 2.05) is 23.1 Å². The first-order valence-electron chi connectivity index (χ1n) is 10.8. The molecular formula is C22H28N4O3S. The number of amides is 1. The fourth-order valence-corrected chi connectivity index (χ4v) is 5.28. The van der Waals surface area contributed by atoms with Crippen molar-refractivity contribution >= 4 is 17.7 Å². The van der Waals surface area contributed by atoms with Crippen LogP contribution in [0.5, 0.6) is 11.5 Å². The molecule has 160 valence electrons. The lowest BCUT2D eigenvalue weighted by atomic mass is 10.0. The van der Waals surface area contributed by atoms with E-state index < -0.39 is 0 Å². The van der Waals surface area contributed by atoms with Crippen LogP contribution in [0.15, 0.2) is 23.4 Å². The van der Waals surface area contributed by atoms with Gasteiger partial charge in [-0.15, -0.1) is 10.2 Å². The Labute approximate surface area is 181 Å². The average molecular weight is 429 g/mol. The Bertz CT molecular complexity index is 938. The number of hydrogen-bond donors (Lipinski definition) is 0. The number of ether oxygens (including phenoxy) is 2. The number of methoxy groups -OCH3 is 2. The number of aromatic nitrogens is 3. The Hall–Kier alpha value is -2.22. The SMILES string of the molecule is COc1ccc(OC)c(C2CCCN2C(=O)CSc2nnc(C3CC3)n2C2CC2)c1. The van der Waals surface area contributed by atoms with Crippen LogP contribution in [0.2, 0.25) is 0 Å². The Kier molecular flexibility index (Phi) is 5.35. The quantitative estimate of drug-likeness (QED) is 0.593. The van der Waals surface area contributed by atoms with E-state index in [-0.39, 0.29) is 11.9 Å². The van der Waals surface area contributed by atoms with Gasteiger partial charge in [-0.2, -0.15) is 0 Å². The van der Waals surface area contributed by atoms with Gasteiger partial charge in [-0.05, 0) is 56.7 Å². The number of carbonyl (C=O) groups is 1. The molecule has 2 aliphatic carbocycles. The molecule has 5 rings (SSSR count). The summed E-state index contributed by atoms with van der Waals surface area (Å²) < 4.78 is 13.3. The van der Waals surface area contributed by atoms with Crippen LogP contribution in [0, 0.1) is 0 Å². The largest absolute Gasteiger partial charge is 0.497 e. The van der Waals surface area contributed by atoms with Gasteiger partial charge in [0.05, 0.1) is 26.0 Å². The zero-order valence-corrected chi connectivity index (χ0v) is 18.4. The average Bonchev–Trinajstić information content (AvgIpc) is 3.71. The number of benzene rings is 1. The molecule has 1 aliphatic heterocycles. The third-order valence-corrected chi connectivity index (χ3v) is 7.17. The smallest absolute Gasteiger partial charge is 0.233 e. The third-order valence-electron chi connectivity index (χ3n) is 6.24. The van der Waals surface area contributed by atoms with Crippen LogP contribution in [0.1, 0.15) is 67.9 Å². The van der Waals surface area contributed by atoms with Crippen molar-refractivity contribution in [1.82, 2.24) is 19.7 Å². The first kappa shape index (κ1) is 19.7. The zero-order valence-electron chi connectivity index (χ0n) is 17.5. The van der Waals surface area contributed by atoms with Gasteiger partial charge in [0.25, 0.3) is 0 Å². The molecule has 1 unspecified atom stereocenters. The Morgan fingerprint density at radius 2 is 1.97 bits per heavy atom. The highest BCUT2D eigenvalue weighted by Gasteiger charge is 2.37. The van der Waals surface area contributed by atoms with Crippen molar-refractivity contribution in [2.24, 2.45) is 0 Å². The first-order valence-corrected chi connectivity index (χ1v) is 11.8. The van der Waals surface area contributed by atoms with Crippen LogP contribution in [0.3, 0.4) is 0 Å². The maximum Gasteiger partial charge on any atom is 0.233 e. The summed E-state index contributed by atoms with van der Waals surface area (Å²) in [5.41, 5.74) is 1.02. The van der Waals surface area contributed by atoms with E-state index in [0.717, 1.165) is 47.4 Å². The minimum absolute atomic E-state index is 0.0199. The second kappa shape index (κ2) is 8.13. The lowest BCUT2D eigenvalue weighted by Gasteiger charge is -2.26. The van der Waals surface area contributed by atoms with E-state index in [4.69, 9.17) is 9.47 Å². The summed E-state index contributed by atoms with van der Waals surface area (Å²) >= 11 is 1.53. The van der Waals surface area contributed by atoms with Gasteiger partial charge in [-0.25, -0.2) is 0 Å². The molecule has 3 aliphatic rings. The monoisotopic (exact) mass is 428 g/mol. The van der Waals surface area contributed by atoms with E-state index in [1.165, 1.54) is 37.4 Å². The van der Waals surface area contributed by atoms with Crippen LogP contribution in [-0.4, -0.2) is 52.1 Å². The molecule has 1 atom stereocenters. The summed E-state index contributed by atoms with van der Waals surface area (Å²) in [5.74, 6) is 3.82.